The Bertz CT molecular complexity index is 345. The van der Waals surface area contributed by atoms with Crippen molar-refractivity contribution >= 4 is 17.4 Å². The summed E-state index contributed by atoms with van der Waals surface area (Å²) >= 11 is 1.64. The predicted octanol–water partition coefficient (Wildman–Crippen LogP) is 1.85. The largest absolute Gasteiger partial charge is 0.393 e. The average molecular weight is 254 g/mol. The second-order valence-electron chi connectivity index (χ2n) is 4.41. The van der Waals surface area contributed by atoms with Gasteiger partial charge in [0.2, 0.25) is 0 Å². The van der Waals surface area contributed by atoms with Crippen LogP contribution >= 0.6 is 11.3 Å². The normalized spacial score (nSPS) is 24.3. The van der Waals surface area contributed by atoms with Crippen LogP contribution in [0.15, 0.2) is 17.5 Å². The van der Waals surface area contributed by atoms with E-state index in [1.807, 2.05) is 17.5 Å². The molecule has 4 nitrogen and oxygen atoms in total. The molecule has 1 heterocycles. The molecule has 94 valence electrons. The quantitative estimate of drug-likeness (QED) is 0.771. The van der Waals surface area contributed by atoms with E-state index in [0.29, 0.717) is 6.54 Å². The summed E-state index contributed by atoms with van der Waals surface area (Å²) in [6.45, 7) is 0.582. The van der Waals surface area contributed by atoms with E-state index in [0.717, 1.165) is 30.6 Å². The summed E-state index contributed by atoms with van der Waals surface area (Å²) in [6, 6.07) is 4.07. The van der Waals surface area contributed by atoms with Crippen molar-refractivity contribution in [3.8, 4) is 0 Å². The Morgan fingerprint density at radius 1 is 1.41 bits per heavy atom. The highest BCUT2D eigenvalue weighted by atomic mass is 32.1. The van der Waals surface area contributed by atoms with Gasteiger partial charge in [0.25, 0.3) is 0 Å². The third-order valence-corrected chi connectivity index (χ3v) is 3.91. The summed E-state index contributed by atoms with van der Waals surface area (Å²) in [6.07, 6.45) is 3.13. The summed E-state index contributed by atoms with van der Waals surface area (Å²) in [7, 11) is 0. The van der Waals surface area contributed by atoms with E-state index in [9.17, 15) is 9.90 Å². The molecule has 0 radical (unpaired) electrons. The van der Waals surface area contributed by atoms with Crippen LogP contribution in [-0.2, 0) is 6.54 Å². The first-order chi connectivity index (χ1) is 8.24. The minimum absolute atomic E-state index is 0.111. The first-order valence-electron chi connectivity index (χ1n) is 5.99. The maximum Gasteiger partial charge on any atom is 0.315 e. The zero-order valence-electron chi connectivity index (χ0n) is 9.69. The minimum atomic E-state index is -0.178. The number of amides is 2. The molecule has 0 aliphatic heterocycles. The molecule has 1 aromatic heterocycles. The molecule has 0 atom stereocenters. The van der Waals surface area contributed by atoms with Crippen LogP contribution < -0.4 is 10.6 Å². The van der Waals surface area contributed by atoms with E-state index in [1.165, 1.54) is 0 Å². The first-order valence-corrected chi connectivity index (χ1v) is 6.87. The Morgan fingerprint density at radius 3 is 2.82 bits per heavy atom. The Kier molecular flexibility index (Phi) is 4.39. The van der Waals surface area contributed by atoms with Crippen LogP contribution in [0.2, 0.25) is 0 Å². The molecule has 0 aromatic carbocycles. The lowest BCUT2D eigenvalue weighted by Crippen LogP contribution is -2.43. The number of carbonyl (C=O) groups excluding carboxylic acids is 1. The maximum atomic E-state index is 11.6. The van der Waals surface area contributed by atoms with Crippen molar-refractivity contribution in [1.82, 2.24) is 10.6 Å². The van der Waals surface area contributed by atoms with Gasteiger partial charge in [0.15, 0.2) is 0 Å². The van der Waals surface area contributed by atoms with E-state index in [-0.39, 0.29) is 18.2 Å². The molecular formula is C12H18N2O2S. The SMILES string of the molecule is O=C(NCc1cccs1)NC1CCC(O)CC1. The summed E-state index contributed by atoms with van der Waals surface area (Å²) in [5.74, 6) is 0. The van der Waals surface area contributed by atoms with Crippen molar-refractivity contribution < 1.29 is 9.90 Å². The second kappa shape index (κ2) is 6.02. The molecule has 1 aliphatic rings. The third kappa shape index (κ3) is 4.02. The summed E-state index contributed by atoms with van der Waals surface area (Å²) < 4.78 is 0. The van der Waals surface area contributed by atoms with Crippen LogP contribution in [0.4, 0.5) is 4.79 Å². The van der Waals surface area contributed by atoms with Gasteiger partial charge in [-0.1, -0.05) is 6.07 Å². The van der Waals surface area contributed by atoms with Gasteiger partial charge in [-0.2, -0.15) is 0 Å². The van der Waals surface area contributed by atoms with Crippen LogP contribution in [-0.4, -0.2) is 23.3 Å². The van der Waals surface area contributed by atoms with Crippen molar-refractivity contribution in [3.05, 3.63) is 22.4 Å². The van der Waals surface area contributed by atoms with Crippen molar-refractivity contribution in [2.24, 2.45) is 0 Å². The van der Waals surface area contributed by atoms with Gasteiger partial charge < -0.3 is 15.7 Å². The molecular weight excluding hydrogens is 236 g/mol. The molecule has 0 bridgehead atoms. The number of carbonyl (C=O) groups is 1. The molecule has 2 amide bonds. The molecule has 0 saturated heterocycles. The lowest BCUT2D eigenvalue weighted by molar-refractivity contribution is 0.117. The molecule has 0 spiro atoms. The van der Waals surface area contributed by atoms with Crippen LogP contribution in [0.25, 0.3) is 0 Å². The molecule has 1 fully saturated rings. The van der Waals surface area contributed by atoms with E-state index in [1.54, 1.807) is 11.3 Å². The monoisotopic (exact) mass is 254 g/mol. The average Bonchev–Trinajstić information content (AvgIpc) is 2.83. The smallest absolute Gasteiger partial charge is 0.315 e. The van der Waals surface area contributed by atoms with E-state index in [4.69, 9.17) is 0 Å². The molecule has 5 heteroatoms. The van der Waals surface area contributed by atoms with E-state index >= 15 is 0 Å². The van der Waals surface area contributed by atoms with Gasteiger partial charge in [-0.3, -0.25) is 0 Å². The van der Waals surface area contributed by atoms with Crippen molar-refractivity contribution in [1.29, 1.82) is 0 Å². The first kappa shape index (κ1) is 12.4. The fourth-order valence-electron chi connectivity index (χ4n) is 2.04. The Morgan fingerprint density at radius 2 is 2.18 bits per heavy atom. The minimum Gasteiger partial charge on any atom is -0.393 e. The van der Waals surface area contributed by atoms with Crippen LogP contribution in [0, 0.1) is 0 Å². The van der Waals surface area contributed by atoms with Gasteiger partial charge in [-0.15, -0.1) is 11.3 Å². The number of urea groups is 1. The van der Waals surface area contributed by atoms with Crippen molar-refractivity contribution in [2.45, 2.75) is 44.4 Å². The molecule has 1 aromatic rings. The number of nitrogens with one attached hydrogen (secondary N) is 2. The molecule has 2 rings (SSSR count). The van der Waals surface area contributed by atoms with Crippen LogP contribution in [0.5, 0.6) is 0 Å². The van der Waals surface area contributed by atoms with Crippen molar-refractivity contribution in [2.75, 3.05) is 0 Å². The standard InChI is InChI=1S/C12H18N2O2S/c15-10-5-3-9(4-6-10)14-12(16)13-8-11-2-1-7-17-11/h1-2,7,9-10,15H,3-6,8H2,(H2,13,14,16). The zero-order chi connectivity index (χ0) is 12.1. The Balaban J connectivity index is 1.67. The van der Waals surface area contributed by atoms with Crippen LogP contribution in [0.3, 0.4) is 0 Å². The number of aliphatic hydroxyl groups excluding tert-OH is 1. The summed E-state index contributed by atoms with van der Waals surface area (Å²) in [5.41, 5.74) is 0. The second-order valence-corrected chi connectivity index (χ2v) is 5.44. The van der Waals surface area contributed by atoms with Gasteiger partial charge in [0.05, 0.1) is 12.6 Å². The lowest BCUT2D eigenvalue weighted by atomic mass is 9.93. The highest BCUT2D eigenvalue weighted by Gasteiger charge is 2.20. The van der Waals surface area contributed by atoms with Crippen molar-refractivity contribution in [3.63, 3.8) is 0 Å². The summed E-state index contributed by atoms with van der Waals surface area (Å²) in [4.78, 5) is 12.8. The number of hydrogen-bond donors (Lipinski definition) is 3. The van der Waals surface area contributed by atoms with Crippen LogP contribution in [0.1, 0.15) is 30.6 Å². The predicted molar refractivity (Wildman–Crippen MR) is 68.0 cm³/mol. The fourth-order valence-corrected chi connectivity index (χ4v) is 2.68. The number of rotatable bonds is 3. The number of thiophene rings is 1. The highest BCUT2D eigenvalue weighted by molar-refractivity contribution is 7.09. The van der Waals surface area contributed by atoms with Gasteiger partial charge in [0.1, 0.15) is 0 Å². The highest BCUT2D eigenvalue weighted by Crippen LogP contribution is 2.18. The number of aliphatic hydroxyl groups is 1. The number of hydrogen-bond acceptors (Lipinski definition) is 3. The van der Waals surface area contributed by atoms with Gasteiger partial charge in [0, 0.05) is 10.9 Å². The lowest BCUT2D eigenvalue weighted by Gasteiger charge is -2.26. The maximum absolute atomic E-state index is 11.6. The Labute approximate surface area is 105 Å². The Hall–Kier alpha value is -1.07. The molecule has 3 N–H and O–H groups in total. The van der Waals surface area contributed by atoms with Gasteiger partial charge >= 0.3 is 6.03 Å². The van der Waals surface area contributed by atoms with Gasteiger partial charge in [-0.05, 0) is 37.1 Å². The molecule has 17 heavy (non-hydrogen) atoms. The molecule has 0 unspecified atom stereocenters. The zero-order valence-corrected chi connectivity index (χ0v) is 10.5. The van der Waals surface area contributed by atoms with E-state index in [2.05, 4.69) is 10.6 Å². The molecule has 1 aliphatic carbocycles. The van der Waals surface area contributed by atoms with Gasteiger partial charge in [-0.25, -0.2) is 4.79 Å². The van der Waals surface area contributed by atoms with E-state index < -0.39 is 0 Å². The topological polar surface area (TPSA) is 61.4 Å². The molecule has 1 saturated carbocycles. The fraction of sp³-hybridized carbons (Fsp3) is 0.583. The summed E-state index contributed by atoms with van der Waals surface area (Å²) in [5, 5.41) is 17.1. The third-order valence-electron chi connectivity index (χ3n) is 3.04.